The summed E-state index contributed by atoms with van der Waals surface area (Å²) in [5, 5.41) is 5.92. The Morgan fingerprint density at radius 3 is 2.50 bits per heavy atom. The molecule has 1 saturated carbocycles. The molecular weight excluding hydrogens is 232 g/mol. The largest absolute Gasteiger partial charge is 0.468 e. The minimum absolute atomic E-state index is 0.0377. The number of ether oxygens (including phenoxy) is 1. The third kappa shape index (κ3) is 5.04. The number of carbonyl (C=O) groups is 2. The number of carbonyl (C=O) groups excluding carboxylic acids is 2. The van der Waals surface area contributed by atoms with Gasteiger partial charge in [0.1, 0.15) is 6.04 Å². The molecule has 104 valence electrons. The van der Waals surface area contributed by atoms with E-state index in [0.29, 0.717) is 12.5 Å². The molecular formula is C13H24N2O3. The Bertz CT molecular complexity index is 275. The first kappa shape index (κ1) is 15.0. The van der Waals surface area contributed by atoms with E-state index in [1.54, 1.807) is 0 Å². The Hall–Kier alpha value is -1.10. The highest BCUT2D eigenvalue weighted by Crippen LogP contribution is 2.17. The zero-order valence-electron chi connectivity index (χ0n) is 11.3. The Kier molecular flexibility index (Phi) is 6.72. The molecule has 0 aromatic heterocycles. The quantitative estimate of drug-likeness (QED) is 0.695. The van der Waals surface area contributed by atoms with Gasteiger partial charge in [-0.1, -0.05) is 26.2 Å². The van der Waals surface area contributed by atoms with E-state index in [0.717, 1.165) is 12.8 Å². The number of methoxy groups -OCH3 is 1. The van der Waals surface area contributed by atoms with E-state index in [-0.39, 0.29) is 18.4 Å². The van der Waals surface area contributed by atoms with Gasteiger partial charge in [0.25, 0.3) is 0 Å². The van der Waals surface area contributed by atoms with E-state index >= 15 is 0 Å². The molecule has 18 heavy (non-hydrogen) atoms. The third-order valence-corrected chi connectivity index (χ3v) is 3.37. The molecule has 2 N–H and O–H groups in total. The molecule has 0 aromatic carbocycles. The number of hydrogen-bond donors (Lipinski definition) is 2. The average molecular weight is 256 g/mol. The molecule has 0 aliphatic heterocycles. The number of nitrogens with one attached hydrogen (secondary N) is 2. The van der Waals surface area contributed by atoms with Gasteiger partial charge >= 0.3 is 5.97 Å². The summed E-state index contributed by atoms with van der Waals surface area (Å²) in [5.41, 5.74) is 0. The van der Waals surface area contributed by atoms with Crippen LogP contribution in [0.15, 0.2) is 0 Å². The molecule has 0 saturated heterocycles. The van der Waals surface area contributed by atoms with Crippen LogP contribution in [0.4, 0.5) is 0 Å². The molecule has 0 radical (unpaired) electrons. The number of amides is 1. The van der Waals surface area contributed by atoms with E-state index in [1.807, 2.05) is 6.92 Å². The molecule has 5 nitrogen and oxygen atoms in total. The highest BCUT2D eigenvalue weighted by atomic mass is 16.5. The molecule has 0 unspecified atom stereocenters. The predicted molar refractivity (Wildman–Crippen MR) is 69.1 cm³/mol. The zero-order chi connectivity index (χ0) is 13.4. The smallest absolute Gasteiger partial charge is 0.322 e. The molecule has 1 aliphatic rings. The van der Waals surface area contributed by atoms with Crippen LogP contribution >= 0.6 is 0 Å². The molecule has 1 amide bonds. The average Bonchev–Trinajstić information content (AvgIpc) is 2.40. The van der Waals surface area contributed by atoms with E-state index < -0.39 is 6.04 Å². The van der Waals surface area contributed by atoms with Crippen LogP contribution in [0.3, 0.4) is 0 Å². The van der Waals surface area contributed by atoms with Crippen molar-refractivity contribution in [2.75, 3.05) is 13.7 Å². The van der Waals surface area contributed by atoms with E-state index in [1.165, 1.54) is 26.4 Å². The first-order valence-corrected chi connectivity index (χ1v) is 6.78. The van der Waals surface area contributed by atoms with Crippen LogP contribution in [0, 0.1) is 0 Å². The van der Waals surface area contributed by atoms with Crippen molar-refractivity contribution in [2.45, 2.75) is 57.5 Å². The van der Waals surface area contributed by atoms with Crippen molar-refractivity contribution in [2.24, 2.45) is 0 Å². The SMILES string of the molecule is CC[C@@H](NCC(=O)NC1CCCCC1)C(=O)OC. The highest BCUT2D eigenvalue weighted by Gasteiger charge is 2.19. The van der Waals surface area contributed by atoms with Gasteiger partial charge in [0.2, 0.25) is 5.91 Å². The van der Waals surface area contributed by atoms with Crippen molar-refractivity contribution in [3.8, 4) is 0 Å². The van der Waals surface area contributed by atoms with Crippen LogP contribution in [0.1, 0.15) is 45.4 Å². The van der Waals surface area contributed by atoms with Crippen LogP contribution in [0.25, 0.3) is 0 Å². The van der Waals surface area contributed by atoms with Crippen molar-refractivity contribution < 1.29 is 14.3 Å². The topological polar surface area (TPSA) is 67.4 Å². The van der Waals surface area contributed by atoms with Crippen LogP contribution in [-0.4, -0.2) is 37.6 Å². The summed E-state index contributed by atoms with van der Waals surface area (Å²) < 4.78 is 4.65. The fourth-order valence-electron chi connectivity index (χ4n) is 2.28. The first-order valence-electron chi connectivity index (χ1n) is 6.78. The monoisotopic (exact) mass is 256 g/mol. The van der Waals surface area contributed by atoms with Crippen molar-refractivity contribution in [1.82, 2.24) is 10.6 Å². The number of esters is 1. The fraction of sp³-hybridized carbons (Fsp3) is 0.846. The summed E-state index contributed by atoms with van der Waals surface area (Å²) in [6.45, 7) is 2.05. The minimum atomic E-state index is -0.396. The molecule has 1 atom stereocenters. The summed E-state index contributed by atoms with van der Waals surface area (Å²) >= 11 is 0. The lowest BCUT2D eigenvalue weighted by molar-refractivity contribution is -0.143. The lowest BCUT2D eigenvalue weighted by Gasteiger charge is -2.23. The van der Waals surface area contributed by atoms with Crippen molar-refractivity contribution in [3.63, 3.8) is 0 Å². The van der Waals surface area contributed by atoms with Crippen LogP contribution in [0.5, 0.6) is 0 Å². The molecule has 5 heteroatoms. The summed E-state index contributed by atoms with van der Waals surface area (Å²) in [4.78, 5) is 23.0. The van der Waals surface area contributed by atoms with Gasteiger partial charge in [0, 0.05) is 6.04 Å². The van der Waals surface area contributed by atoms with Crippen LogP contribution in [0.2, 0.25) is 0 Å². The van der Waals surface area contributed by atoms with Crippen LogP contribution in [-0.2, 0) is 14.3 Å². The highest BCUT2D eigenvalue weighted by molar-refractivity contribution is 5.80. The predicted octanol–water partition coefficient (Wildman–Crippen LogP) is 0.976. The maximum atomic E-state index is 11.7. The molecule has 0 aromatic rings. The van der Waals surface area contributed by atoms with Crippen molar-refractivity contribution in [1.29, 1.82) is 0 Å². The second-order valence-electron chi connectivity index (χ2n) is 4.77. The van der Waals surface area contributed by atoms with Crippen molar-refractivity contribution >= 4 is 11.9 Å². The lowest BCUT2D eigenvalue weighted by atomic mass is 9.95. The lowest BCUT2D eigenvalue weighted by Crippen LogP contribution is -2.46. The van der Waals surface area contributed by atoms with E-state index in [2.05, 4.69) is 15.4 Å². The summed E-state index contributed by atoms with van der Waals surface area (Å²) in [6.07, 6.45) is 6.41. The van der Waals surface area contributed by atoms with Gasteiger partial charge < -0.3 is 10.1 Å². The normalized spacial score (nSPS) is 18.1. The number of rotatable bonds is 6. The molecule has 1 aliphatic carbocycles. The van der Waals surface area contributed by atoms with Gasteiger partial charge in [-0.05, 0) is 19.3 Å². The summed E-state index contributed by atoms with van der Waals surface area (Å²) in [5.74, 6) is -0.354. The molecule has 1 fully saturated rings. The van der Waals surface area contributed by atoms with Gasteiger partial charge in [0.15, 0.2) is 0 Å². The maximum Gasteiger partial charge on any atom is 0.322 e. The third-order valence-electron chi connectivity index (χ3n) is 3.37. The second-order valence-corrected chi connectivity index (χ2v) is 4.77. The van der Waals surface area contributed by atoms with Crippen LogP contribution < -0.4 is 10.6 Å². The number of hydrogen-bond acceptors (Lipinski definition) is 4. The van der Waals surface area contributed by atoms with E-state index in [9.17, 15) is 9.59 Å². The Labute approximate surface area is 109 Å². The summed E-state index contributed by atoms with van der Waals surface area (Å²) in [6, 6.07) is -0.0849. The Morgan fingerprint density at radius 2 is 1.94 bits per heavy atom. The summed E-state index contributed by atoms with van der Waals surface area (Å²) in [7, 11) is 1.36. The standard InChI is InChI=1S/C13H24N2O3/c1-3-11(13(17)18-2)14-9-12(16)15-10-7-5-4-6-8-10/h10-11,14H,3-9H2,1-2H3,(H,15,16)/t11-/m1/s1. The molecule has 0 bridgehead atoms. The molecule has 0 heterocycles. The zero-order valence-corrected chi connectivity index (χ0v) is 11.3. The second kappa shape index (κ2) is 8.08. The van der Waals surface area contributed by atoms with Gasteiger partial charge in [-0.25, -0.2) is 0 Å². The van der Waals surface area contributed by atoms with E-state index in [4.69, 9.17) is 0 Å². The Balaban J connectivity index is 2.24. The first-order chi connectivity index (χ1) is 8.67. The van der Waals surface area contributed by atoms with Gasteiger partial charge in [-0.15, -0.1) is 0 Å². The molecule has 0 spiro atoms. The van der Waals surface area contributed by atoms with Crippen molar-refractivity contribution in [3.05, 3.63) is 0 Å². The minimum Gasteiger partial charge on any atom is -0.468 e. The van der Waals surface area contributed by atoms with Gasteiger partial charge in [-0.3, -0.25) is 14.9 Å². The van der Waals surface area contributed by atoms with Gasteiger partial charge in [0.05, 0.1) is 13.7 Å². The maximum absolute atomic E-state index is 11.7. The molecule has 1 rings (SSSR count). The van der Waals surface area contributed by atoms with Gasteiger partial charge in [-0.2, -0.15) is 0 Å². The Morgan fingerprint density at radius 1 is 1.28 bits per heavy atom. The fourth-order valence-corrected chi connectivity index (χ4v) is 2.28.